The number of carbonyl (C=O) groups is 2. The topological polar surface area (TPSA) is 88.3 Å². The van der Waals surface area contributed by atoms with Crippen molar-refractivity contribution in [2.75, 3.05) is 13.1 Å². The van der Waals surface area contributed by atoms with Crippen LogP contribution >= 0.6 is 0 Å². The van der Waals surface area contributed by atoms with Gasteiger partial charge in [-0.05, 0) is 43.9 Å². The second-order valence-electron chi connectivity index (χ2n) is 7.59. The lowest BCUT2D eigenvalue weighted by Gasteiger charge is -2.25. The van der Waals surface area contributed by atoms with Crippen LogP contribution in [0.4, 0.5) is 0 Å². The van der Waals surface area contributed by atoms with E-state index < -0.39 is 5.97 Å². The quantitative estimate of drug-likeness (QED) is 0.904. The van der Waals surface area contributed by atoms with Gasteiger partial charge in [0.1, 0.15) is 0 Å². The Morgan fingerprint density at radius 2 is 1.96 bits per heavy atom. The highest BCUT2D eigenvalue weighted by molar-refractivity contribution is 5.93. The summed E-state index contributed by atoms with van der Waals surface area (Å²) in [5, 5.41) is 17.5. The second kappa shape index (κ2) is 5.86. The van der Waals surface area contributed by atoms with Crippen LogP contribution in [0.3, 0.4) is 0 Å². The zero-order chi connectivity index (χ0) is 16.8. The summed E-state index contributed by atoms with van der Waals surface area (Å²) in [6.07, 6.45) is 5.81. The van der Waals surface area contributed by atoms with Crippen molar-refractivity contribution in [3.63, 3.8) is 0 Å². The van der Waals surface area contributed by atoms with Gasteiger partial charge in [0.25, 0.3) is 5.91 Å². The number of likely N-dealkylation sites (tertiary alicyclic amines) is 1. The van der Waals surface area contributed by atoms with Crippen molar-refractivity contribution in [3.8, 4) is 0 Å². The number of rotatable bonds is 4. The van der Waals surface area contributed by atoms with Gasteiger partial charge in [0.2, 0.25) is 0 Å². The summed E-state index contributed by atoms with van der Waals surface area (Å²) in [6, 6.07) is 0. The van der Waals surface area contributed by atoms with Crippen LogP contribution in [0.1, 0.15) is 48.3 Å². The molecule has 2 aliphatic carbocycles. The second-order valence-corrected chi connectivity index (χ2v) is 7.59. The molecule has 2 heterocycles. The molecule has 130 valence electrons. The first kappa shape index (κ1) is 15.6. The Morgan fingerprint density at radius 1 is 1.21 bits per heavy atom. The van der Waals surface area contributed by atoms with Crippen molar-refractivity contribution in [1.82, 2.24) is 19.9 Å². The van der Waals surface area contributed by atoms with E-state index in [2.05, 4.69) is 10.3 Å². The molecule has 0 bridgehead atoms. The summed E-state index contributed by atoms with van der Waals surface area (Å²) in [7, 11) is 0. The molecule has 3 fully saturated rings. The van der Waals surface area contributed by atoms with E-state index >= 15 is 0 Å². The number of aromatic nitrogens is 3. The van der Waals surface area contributed by atoms with Gasteiger partial charge in [0.15, 0.2) is 5.69 Å². The Balaban J connectivity index is 1.43. The SMILES string of the molecule is Cc1c(C(=O)N2CC[C@H]3[C@@H](C2)[C@H]3C(=O)O)nnn1CC1CCCC1. The highest BCUT2D eigenvalue weighted by atomic mass is 16.4. The Kier molecular flexibility index (Phi) is 3.81. The number of hydrogen-bond donors (Lipinski definition) is 1. The third-order valence-corrected chi connectivity index (χ3v) is 6.16. The summed E-state index contributed by atoms with van der Waals surface area (Å²) in [5.41, 5.74) is 1.26. The van der Waals surface area contributed by atoms with Crippen LogP contribution in [0.5, 0.6) is 0 Å². The zero-order valence-corrected chi connectivity index (χ0v) is 14.0. The first-order chi connectivity index (χ1) is 11.6. The number of piperidine rings is 1. The maximum atomic E-state index is 12.8. The van der Waals surface area contributed by atoms with E-state index in [9.17, 15) is 14.7 Å². The molecular formula is C17H24N4O3. The van der Waals surface area contributed by atoms with Crippen LogP contribution in [0.2, 0.25) is 0 Å². The number of carboxylic acid groups (broad SMARTS) is 1. The minimum atomic E-state index is -0.724. The van der Waals surface area contributed by atoms with Gasteiger partial charge in [-0.1, -0.05) is 18.1 Å². The minimum absolute atomic E-state index is 0.0975. The number of fused-ring (bicyclic) bond motifs is 1. The highest BCUT2D eigenvalue weighted by Crippen LogP contribution is 2.51. The molecule has 1 aromatic rings. The Hall–Kier alpha value is -1.92. The predicted octanol–water partition coefficient (Wildman–Crippen LogP) is 1.57. The summed E-state index contributed by atoms with van der Waals surface area (Å²) >= 11 is 0. The Labute approximate surface area is 141 Å². The summed E-state index contributed by atoms with van der Waals surface area (Å²) in [4.78, 5) is 25.7. The van der Waals surface area contributed by atoms with Gasteiger partial charge in [0, 0.05) is 19.6 Å². The zero-order valence-electron chi connectivity index (χ0n) is 14.0. The fraction of sp³-hybridized carbons (Fsp3) is 0.765. The van der Waals surface area contributed by atoms with E-state index in [1.165, 1.54) is 25.7 Å². The summed E-state index contributed by atoms with van der Waals surface area (Å²) < 4.78 is 1.87. The monoisotopic (exact) mass is 332 g/mol. The van der Waals surface area contributed by atoms with Gasteiger partial charge in [-0.15, -0.1) is 5.10 Å². The maximum Gasteiger partial charge on any atom is 0.307 e. The van der Waals surface area contributed by atoms with Crippen LogP contribution < -0.4 is 0 Å². The minimum Gasteiger partial charge on any atom is -0.481 e. The molecule has 0 unspecified atom stereocenters. The van der Waals surface area contributed by atoms with E-state index in [1.54, 1.807) is 4.90 Å². The molecule has 0 radical (unpaired) electrons. The molecule has 7 nitrogen and oxygen atoms in total. The standard InChI is InChI=1S/C17H24N4O3/c1-10-15(18-19-21(10)8-11-4-2-3-5-11)16(22)20-7-6-12-13(9-20)14(12)17(23)24/h11-14H,2-9H2,1H3,(H,23,24)/t12-,13+,14-/m0/s1. The maximum absolute atomic E-state index is 12.8. The van der Waals surface area contributed by atoms with E-state index in [0.717, 1.165) is 18.7 Å². The molecular weight excluding hydrogens is 308 g/mol. The third-order valence-electron chi connectivity index (χ3n) is 6.16. The molecule has 1 aliphatic heterocycles. The smallest absolute Gasteiger partial charge is 0.307 e. The van der Waals surface area contributed by atoms with Crippen LogP contribution in [0.15, 0.2) is 0 Å². The van der Waals surface area contributed by atoms with Gasteiger partial charge in [-0.25, -0.2) is 4.68 Å². The molecule has 3 atom stereocenters. The number of amides is 1. The number of nitrogens with zero attached hydrogens (tertiary/aromatic N) is 4. The van der Waals surface area contributed by atoms with E-state index in [1.807, 2.05) is 11.6 Å². The molecule has 1 aromatic heterocycles. The summed E-state index contributed by atoms with van der Waals surface area (Å²) in [5.74, 6) is -0.0637. The lowest BCUT2D eigenvalue weighted by molar-refractivity contribution is -0.139. The van der Waals surface area contributed by atoms with Gasteiger partial charge in [-0.3, -0.25) is 9.59 Å². The highest BCUT2D eigenvalue weighted by Gasteiger charge is 2.57. The first-order valence-corrected chi connectivity index (χ1v) is 8.98. The fourth-order valence-corrected chi connectivity index (χ4v) is 4.61. The van der Waals surface area contributed by atoms with Gasteiger partial charge < -0.3 is 10.0 Å². The van der Waals surface area contributed by atoms with Crippen LogP contribution in [-0.4, -0.2) is 50.0 Å². The molecule has 0 aromatic carbocycles. The van der Waals surface area contributed by atoms with Crippen molar-refractivity contribution in [3.05, 3.63) is 11.4 Å². The lowest BCUT2D eigenvalue weighted by atomic mass is 10.1. The Bertz CT molecular complexity index is 665. The van der Waals surface area contributed by atoms with Crippen LogP contribution in [0, 0.1) is 30.6 Å². The summed E-state index contributed by atoms with van der Waals surface area (Å²) in [6.45, 7) is 3.91. The number of hydrogen-bond acceptors (Lipinski definition) is 4. The van der Waals surface area contributed by atoms with Crippen LogP contribution in [0.25, 0.3) is 0 Å². The number of carboxylic acids is 1. The van der Waals surface area contributed by atoms with Crippen molar-refractivity contribution in [2.45, 2.75) is 45.6 Å². The molecule has 1 N–H and O–H groups in total. The largest absolute Gasteiger partial charge is 0.481 e. The Morgan fingerprint density at radius 3 is 2.67 bits per heavy atom. The van der Waals surface area contributed by atoms with E-state index in [-0.39, 0.29) is 23.7 Å². The predicted molar refractivity (Wildman–Crippen MR) is 85.3 cm³/mol. The molecule has 1 amide bonds. The van der Waals surface area contributed by atoms with Crippen molar-refractivity contribution >= 4 is 11.9 Å². The first-order valence-electron chi connectivity index (χ1n) is 8.98. The van der Waals surface area contributed by atoms with Crippen molar-refractivity contribution in [1.29, 1.82) is 0 Å². The number of aliphatic carboxylic acids is 1. The molecule has 24 heavy (non-hydrogen) atoms. The average Bonchev–Trinajstić information content (AvgIpc) is 2.85. The third kappa shape index (κ3) is 2.59. The molecule has 2 saturated carbocycles. The average molecular weight is 332 g/mol. The number of carbonyl (C=O) groups excluding carboxylic acids is 1. The van der Waals surface area contributed by atoms with Crippen LogP contribution in [-0.2, 0) is 11.3 Å². The van der Waals surface area contributed by atoms with E-state index in [4.69, 9.17) is 0 Å². The van der Waals surface area contributed by atoms with Crippen molar-refractivity contribution in [2.24, 2.45) is 23.7 Å². The van der Waals surface area contributed by atoms with Gasteiger partial charge in [0.05, 0.1) is 11.6 Å². The molecule has 0 spiro atoms. The van der Waals surface area contributed by atoms with Crippen molar-refractivity contribution < 1.29 is 14.7 Å². The molecule has 1 saturated heterocycles. The molecule has 7 heteroatoms. The molecule has 3 aliphatic rings. The van der Waals surface area contributed by atoms with E-state index in [0.29, 0.717) is 24.7 Å². The normalized spacial score (nSPS) is 29.5. The molecule has 4 rings (SSSR count). The fourth-order valence-electron chi connectivity index (χ4n) is 4.61. The van der Waals surface area contributed by atoms with Gasteiger partial charge in [-0.2, -0.15) is 0 Å². The lowest BCUT2D eigenvalue weighted by Crippen LogP contribution is -2.37. The van der Waals surface area contributed by atoms with Gasteiger partial charge >= 0.3 is 5.97 Å².